The zero-order valence-electron chi connectivity index (χ0n) is 16.4. The second kappa shape index (κ2) is 7.53. The average Bonchev–Trinajstić information content (AvgIpc) is 3.47. The number of hydrogen-bond acceptors (Lipinski definition) is 6. The van der Waals surface area contributed by atoms with Gasteiger partial charge >= 0.3 is 12.2 Å². The molecule has 0 radical (unpaired) electrons. The third kappa shape index (κ3) is 3.75. The van der Waals surface area contributed by atoms with E-state index >= 15 is 0 Å². The Morgan fingerprint density at radius 2 is 1.97 bits per heavy atom. The number of alkyl halides is 3. The minimum Gasteiger partial charge on any atom is -0.403 e. The fourth-order valence-electron chi connectivity index (χ4n) is 3.61. The van der Waals surface area contributed by atoms with Gasteiger partial charge in [0.1, 0.15) is 17.7 Å². The number of rotatable bonds is 4. The molecule has 4 aromatic rings. The monoisotopic (exact) mass is 464 g/mol. The van der Waals surface area contributed by atoms with Gasteiger partial charge in [0.25, 0.3) is 5.89 Å². The summed E-state index contributed by atoms with van der Waals surface area (Å²) in [5.41, 5.74) is -0.979. The number of aromatic amines is 1. The van der Waals surface area contributed by atoms with E-state index < -0.39 is 29.4 Å². The van der Waals surface area contributed by atoms with Crippen LogP contribution in [0.15, 0.2) is 34.9 Å². The summed E-state index contributed by atoms with van der Waals surface area (Å²) in [4.78, 5) is 18.3. The summed E-state index contributed by atoms with van der Waals surface area (Å²) in [6.07, 6.45) is -3.48. The van der Waals surface area contributed by atoms with Gasteiger partial charge in [-0.25, -0.2) is 8.78 Å². The van der Waals surface area contributed by atoms with Crippen molar-refractivity contribution in [3.05, 3.63) is 47.7 Å². The van der Waals surface area contributed by atoms with E-state index in [1.165, 1.54) is 0 Å². The summed E-state index contributed by atoms with van der Waals surface area (Å²) in [5.74, 6) is -2.23. The topological polar surface area (TPSA) is 109 Å². The molecule has 33 heavy (non-hydrogen) atoms. The molecule has 5 rings (SSSR count). The second-order valence-electron chi connectivity index (χ2n) is 7.30. The maximum absolute atomic E-state index is 14.4. The normalized spacial score (nSPS) is 16.4. The number of amides is 1. The van der Waals surface area contributed by atoms with Gasteiger partial charge in [0.05, 0.1) is 28.0 Å². The summed E-state index contributed by atoms with van der Waals surface area (Å²) in [7, 11) is 0. The Balaban J connectivity index is 1.62. The van der Waals surface area contributed by atoms with Crippen LogP contribution < -0.4 is 10.6 Å². The van der Waals surface area contributed by atoms with Crippen molar-refractivity contribution < 1.29 is 31.2 Å². The first-order valence-corrected chi connectivity index (χ1v) is 9.63. The number of pyridine rings is 1. The average molecular weight is 464 g/mol. The SMILES string of the molecule is O=C1NCC[C@@H]1Nc1nnc(-c2c(-c3ccc(C(F)(F)F)cn3)[nH]c3c(F)cc(F)cc23)o1. The van der Waals surface area contributed by atoms with Crippen molar-refractivity contribution in [1.29, 1.82) is 0 Å². The number of halogens is 5. The van der Waals surface area contributed by atoms with Crippen LogP contribution in [0, 0.1) is 11.6 Å². The smallest absolute Gasteiger partial charge is 0.403 e. The molecule has 0 unspecified atom stereocenters. The van der Waals surface area contributed by atoms with Crippen LogP contribution in [-0.2, 0) is 11.0 Å². The molecular weight excluding hydrogens is 451 g/mol. The van der Waals surface area contributed by atoms with Crippen molar-refractivity contribution in [2.75, 3.05) is 11.9 Å². The highest BCUT2D eigenvalue weighted by Crippen LogP contribution is 2.39. The third-order valence-corrected chi connectivity index (χ3v) is 5.16. The molecule has 1 aromatic carbocycles. The van der Waals surface area contributed by atoms with E-state index in [1.807, 2.05) is 0 Å². The van der Waals surface area contributed by atoms with Gasteiger partial charge in [0.2, 0.25) is 5.91 Å². The van der Waals surface area contributed by atoms with E-state index in [1.54, 1.807) is 0 Å². The molecule has 8 nitrogen and oxygen atoms in total. The number of carbonyl (C=O) groups excluding carboxylic acids is 1. The first-order valence-electron chi connectivity index (χ1n) is 9.63. The highest BCUT2D eigenvalue weighted by Gasteiger charge is 2.31. The number of nitrogens with zero attached hydrogens (tertiary/aromatic N) is 3. The molecule has 170 valence electrons. The molecule has 4 heterocycles. The van der Waals surface area contributed by atoms with Crippen molar-refractivity contribution in [2.45, 2.75) is 18.6 Å². The van der Waals surface area contributed by atoms with Crippen molar-refractivity contribution in [3.8, 4) is 22.8 Å². The van der Waals surface area contributed by atoms with Crippen molar-refractivity contribution in [3.63, 3.8) is 0 Å². The molecule has 0 saturated carbocycles. The van der Waals surface area contributed by atoms with E-state index in [0.29, 0.717) is 25.2 Å². The molecule has 1 aliphatic heterocycles. The van der Waals surface area contributed by atoms with E-state index in [-0.39, 0.29) is 45.7 Å². The van der Waals surface area contributed by atoms with E-state index in [9.17, 15) is 26.7 Å². The molecule has 3 N–H and O–H groups in total. The number of nitrogens with one attached hydrogen (secondary N) is 3. The van der Waals surface area contributed by atoms with Crippen LogP contribution in [0.4, 0.5) is 28.0 Å². The van der Waals surface area contributed by atoms with Crippen molar-refractivity contribution in [2.24, 2.45) is 0 Å². The number of aromatic nitrogens is 4. The first kappa shape index (κ1) is 20.8. The Kier molecular flexibility index (Phi) is 4.76. The van der Waals surface area contributed by atoms with Crippen LogP contribution in [0.1, 0.15) is 12.0 Å². The van der Waals surface area contributed by atoms with Crippen LogP contribution in [0.5, 0.6) is 0 Å². The maximum atomic E-state index is 14.4. The Morgan fingerprint density at radius 1 is 1.15 bits per heavy atom. The van der Waals surface area contributed by atoms with Gasteiger partial charge in [-0.1, -0.05) is 5.10 Å². The second-order valence-corrected chi connectivity index (χ2v) is 7.30. The molecule has 1 amide bonds. The van der Waals surface area contributed by atoms with E-state index in [0.717, 1.165) is 18.2 Å². The zero-order chi connectivity index (χ0) is 23.3. The summed E-state index contributed by atoms with van der Waals surface area (Å²) in [5, 5.41) is 13.2. The third-order valence-electron chi connectivity index (χ3n) is 5.16. The van der Waals surface area contributed by atoms with Gasteiger partial charge in [0.15, 0.2) is 0 Å². The molecule has 1 saturated heterocycles. The number of fused-ring (bicyclic) bond motifs is 1. The maximum Gasteiger partial charge on any atom is 0.417 e. The molecule has 1 fully saturated rings. The van der Waals surface area contributed by atoms with Gasteiger partial charge in [-0.3, -0.25) is 9.78 Å². The summed E-state index contributed by atoms with van der Waals surface area (Å²) < 4.78 is 72.8. The Morgan fingerprint density at radius 3 is 2.64 bits per heavy atom. The van der Waals surface area contributed by atoms with E-state index in [2.05, 4.69) is 30.8 Å². The summed E-state index contributed by atoms with van der Waals surface area (Å²) in [6, 6.07) is 2.89. The lowest BCUT2D eigenvalue weighted by molar-refractivity contribution is -0.137. The lowest BCUT2D eigenvalue weighted by atomic mass is 10.1. The van der Waals surface area contributed by atoms with Gasteiger partial charge in [-0.05, 0) is 24.6 Å². The molecule has 1 atom stereocenters. The largest absolute Gasteiger partial charge is 0.417 e. The molecular formula is C20H13F5N6O2. The van der Waals surface area contributed by atoms with Crippen LogP contribution in [0.2, 0.25) is 0 Å². The van der Waals surface area contributed by atoms with Crippen molar-refractivity contribution in [1.82, 2.24) is 25.5 Å². The molecule has 0 bridgehead atoms. The van der Waals surface area contributed by atoms with Crippen molar-refractivity contribution >= 4 is 22.8 Å². The predicted molar refractivity (Wildman–Crippen MR) is 105 cm³/mol. The molecule has 0 spiro atoms. The predicted octanol–water partition coefficient (Wildman–Crippen LogP) is 3.88. The lowest BCUT2D eigenvalue weighted by Crippen LogP contribution is -2.29. The van der Waals surface area contributed by atoms with Gasteiger partial charge in [-0.2, -0.15) is 13.2 Å². The highest BCUT2D eigenvalue weighted by atomic mass is 19.4. The number of H-pyrrole nitrogens is 1. The fourth-order valence-corrected chi connectivity index (χ4v) is 3.61. The van der Waals surface area contributed by atoms with E-state index in [4.69, 9.17) is 4.42 Å². The number of carbonyl (C=O) groups is 1. The van der Waals surface area contributed by atoms with Crippen LogP contribution >= 0.6 is 0 Å². The number of benzene rings is 1. The van der Waals surface area contributed by atoms with Crippen LogP contribution in [-0.4, -0.2) is 38.7 Å². The minimum absolute atomic E-state index is 0.0110. The zero-order valence-corrected chi connectivity index (χ0v) is 16.4. The quantitative estimate of drug-likeness (QED) is 0.396. The number of anilines is 1. The Bertz CT molecular complexity index is 1360. The van der Waals surface area contributed by atoms with Crippen LogP contribution in [0.3, 0.4) is 0 Å². The van der Waals surface area contributed by atoms with Gasteiger partial charge in [0, 0.05) is 24.2 Å². The highest BCUT2D eigenvalue weighted by molar-refractivity contribution is 6.01. The van der Waals surface area contributed by atoms with Crippen LogP contribution in [0.25, 0.3) is 33.7 Å². The molecule has 13 heteroatoms. The molecule has 1 aliphatic rings. The van der Waals surface area contributed by atoms with Gasteiger partial charge in [-0.15, -0.1) is 5.10 Å². The number of hydrogen-bond donors (Lipinski definition) is 3. The lowest BCUT2D eigenvalue weighted by Gasteiger charge is -2.07. The standard InChI is InChI=1S/C20H13F5N6O2/c21-9-5-10-14(18-30-31-19(33-18)28-13-3-4-26-17(13)32)16(29-15(10)11(22)6-9)12-2-1-8(7-27-12)20(23,24)25/h1-2,5-7,13,29H,3-4H2,(H,26,32)(H,28,31)/t13-/m0/s1. The molecule has 3 aromatic heterocycles. The first-order chi connectivity index (χ1) is 15.7. The van der Waals surface area contributed by atoms with Gasteiger partial charge < -0.3 is 20.0 Å². The fraction of sp³-hybridized carbons (Fsp3) is 0.200. The summed E-state index contributed by atoms with van der Waals surface area (Å²) in [6.45, 7) is 0.474. The molecule has 0 aliphatic carbocycles. The Hall–Kier alpha value is -4.03. The summed E-state index contributed by atoms with van der Waals surface area (Å²) >= 11 is 0. The Labute approximate surface area is 181 Å². The minimum atomic E-state index is -4.59.